The highest BCUT2D eigenvalue weighted by molar-refractivity contribution is 6.43. The van der Waals surface area contributed by atoms with Crippen molar-refractivity contribution in [3.63, 3.8) is 0 Å². The SMILES string of the molecule is O=CC1=CC(=O)C(=O)CO1. The van der Waals surface area contributed by atoms with E-state index >= 15 is 0 Å². The molecule has 4 nitrogen and oxygen atoms in total. The van der Waals surface area contributed by atoms with Gasteiger partial charge in [-0.3, -0.25) is 14.4 Å². The number of carbonyl (C=O) groups excluding carboxylic acids is 3. The van der Waals surface area contributed by atoms with E-state index < -0.39 is 11.6 Å². The molecule has 0 atom stereocenters. The fourth-order valence-corrected chi connectivity index (χ4v) is 0.539. The highest BCUT2D eigenvalue weighted by atomic mass is 16.5. The quantitative estimate of drug-likeness (QED) is 0.354. The van der Waals surface area contributed by atoms with E-state index in [1.165, 1.54) is 0 Å². The van der Waals surface area contributed by atoms with Crippen molar-refractivity contribution < 1.29 is 19.1 Å². The molecule has 0 aliphatic carbocycles. The van der Waals surface area contributed by atoms with Crippen LogP contribution >= 0.6 is 0 Å². The Kier molecular flexibility index (Phi) is 1.62. The second kappa shape index (κ2) is 2.43. The summed E-state index contributed by atoms with van der Waals surface area (Å²) >= 11 is 0. The van der Waals surface area contributed by atoms with Gasteiger partial charge in [-0.15, -0.1) is 0 Å². The predicted molar refractivity (Wildman–Crippen MR) is 30.1 cm³/mol. The van der Waals surface area contributed by atoms with Crippen LogP contribution in [0.2, 0.25) is 0 Å². The Hall–Kier alpha value is -1.45. The van der Waals surface area contributed by atoms with Gasteiger partial charge in [0, 0.05) is 6.08 Å². The summed E-state index contributed by atoms with van der Waals surface area (Å²) in [6, 6.07) is 0. The van der Waals surface area contributed by atoms with Crippen LogP contribution in [0.1, 0.15) is 0 Å². The van der Waals surface area contributed by atoms with Crippen molar-refractivity contribution in [2.75, 3.05) is 6.61 Å². The molecule has 0 spiro atoms. The zero-order valence-electron chi connectivity index (χ0n) is 4.99. The van der Waals surface area contributed by atoms with Crippen molar-refractivity contribution in [1.82, 2.24) is 0 Å². The molecule has 0 saturated carbocycles. The molecule has 0 bridgehead atoms. The zero-order valence-corrected chi connectivity index (χ0v) is 4.99. The molecular formula is C6H4O4. The molecule has 0 amide bonds. The number of carbonyl (C=O) groups is 3. The number of aldehydes is 1. The van der Waals surface area contributed by atoms with Crippen molar-refractivity contribution in [3.05, 3.63) is 11.8 Å². The summed E-state index contributed by atoms with van der Waals surface area (Å²) in [7, 11) is 0. The largest absolute Gasteiger partial charge is 0.482 e. The van der Waals surface area contributed by atoms with Crippen molar-refractivity contribution in [1.29, 1.82) is 0 Å². The van der Waals surface area contributed by atoms with E-state index in [0.29, 0.717) is 6.29 Å². The van der Waals surface area contributed by atoms with Crippen LogP contribution in [0.5, 0.6) is 0 Å². The first-order valence-corrected chi connectivity index (χ1v) is 2.61. The van der Waals surface area contributed by atoms with Gasteiger partial charge in [0.1, 0.15) is 0 Å². The number of hydrogen-bond donors (Lipinski definition) is 0. The first-order chi connectivity index (χ1) is 4.74. The molecular weight excluding hydrogens is 136 g/mol. The maximum Gasteiger partial charge on any atom is 0.240 e. The Morgan fingerprint density at radius 2 is 2.20 bits per heavy atom. The van der Waals surface area contributed by atoms with Crippen LogP contribution in [0.25, 0.3) is 0 Å². The third-order valence-corrected chi connectivity index (χ3v) is 1.03. The van der Waals surface area contributed by atoms with Crippen LogP contribution in [0.3, 0.4) is 0 Å². The standard InChI is InChI=1S/C6H4O4/c7-2-4-1-5(8)6(9)3-10-4/h1-2H,3H2. The number of ether oxygens (including phenoxy) is 1. The number of rotatable bonds is 1. The molecule has 1 aliphatic rings. The van der Waals surface area contributed by atoms with Gasteiger partial charge in [-0.1, -0.05) is 0 Å². The van der Waals surface area contributed by atoms with Crippen molar-refractivity contribution in [2.24, 2.45) is 0 Å². The number of hydrogen-bond acceptors (Lipinski definition) is 4. The maximum absolute atomic E-state index is 10.5. The summed E-state index contributed by atoms with van der Waals surface area (Å²) in [6.45, 7) is -0.316. The zero-order chi connectivity index (χ0) is 7.56. The Bertz CT molecular complexity index is 226. The van der Waals surface area contributed by atoms with Crippen LogP contribution in [0.4, 0.5) is 0 Å². The molecule has 0 aromatic carbocycles. The molecule has 1 aliphatic heterocycles. The summed E-state index contributed by atoms with van der Waals surface area (Å²) in [5.74, 6) is -1.37. The fourth-order valence-electron chi connectivity index (χ4n) is 0.539. The van der Waals surface area contributed by atoms with E-state index in [1.54, 1.807) is 0 Å². The highest BCUT2D eigenvalue weighted by Crippen LogP contribution is 2.00. The molecule has 0 N–H and O–H groups in total. The summed E-state index contributed by atoms with van der Waals surface area (Å²) in [4.78, 5) is 30.9. The lowest BCUT2D eigenvalue weighted by Gasteiger charge is -2.06. The monoisotopic (exact) mass is 140 g/mol. The summed E-state index contributed by atoms with van der Waals surface area (Å²) in [6.07, 6.45) is 1.28. The molecule has 10 heavy (non-hydrogen) atoms. The summed E-state index contributed by atoms with van der Waals surface area (Å²) < 4.78 is 4.53. The van der Waals surface area contributed by atoms with Crippen molar-refractivity contribution >= 4 is 17.9 Å². The fraction of sp³-hybridized carbons (Fsp3) is 0.167. The molecule has 1 heterocycles. The van der Waals surface area contributed by atoms with Crippen LogP contribution in [-0.2, 0) is 19.1 Å². The number of Topliss-reactive ketones (excluding diaryl/α,β-unsaturated/α-hetero) is 1. The molecule has 0 aromatic rings. The number of allylic oxidation sites excluding steroid dienone is 2. The van der Waals surface area contributed by atoms with Crippen molar-refractivity contribution in [3.8, 4) is 0 Å². The lowest BCUT2D eigenvalue weighted by molar-refractivity contribution is -0.137. The smallest absolute Gasteiger partial charge is 0.240 e. The topological polar surface area (TPSA) is 60.4 Å². The predicted octanol–water partition coefficient (Wildman–Crippen LogP) is -0.762. The third-order valence-electron chi connectivity index (χ3n) is 1.03. The first-order valence-electron chi connectivity index (χ1n) is 2.61. The summed E-state index contributed by atoms with van der Waals surface area (Å²) in [5, 5.41) is 0. The van der Waals surface area contributed by atoms with Crippen LogP contribution < -0.4 is 0 Å². The highest BCUT2D eigenvalue weighted by Gasteiger charge is 2.18. The van der Waals surface area contributed by atoms with E-state index in [1.807, 2.05) is 0 Å². The lowest BCUT2D eigenvalue weighted by Crippen LogP contribution is -2.23. The van der Waals surface area contributed by atoms with E-state index in [4.69, 9.17) is 0 Å². The second-order valence-electron chi connectivity index (χ2n) is 1.74. The average molecular weight is 140 g/mol. The van der Waals surface area contributed by atoms with Gasteiger partial charge in [-0.25, -0.2) is 0 Å². The molecule has 52 valence electrons. The van der Waals surface area contributed by atoms with Gasteiger partial charge in [0.05, 0.1) is 0 Å². The summed E-state index contributed by atoms with van der Waals surface area (Å²) in [5.41, 5.74) is 0. The van der Waals surface area contributed by atoms with Gasteiger partial charge in [0.2, 0.25) is 11.6 Å². The molecule has 0 unspecified atom stereocenters. The van der Waals surface area contributed by atoms with Crippen LogP contribution in [0.15, 0.2) is 11.8 Å². The molecule has 0 radical (unpaired) electrons. The first kappa shape index (κ1) is 6.67. The van der Waals surface area contributed by atoms with Gasteiger partial charge < -0.3 is 4.74 Å². The van der Waals surface area contributed by atoms with Gasteiger partial charge in [-0.2, -0.15) is 0 Å². The van der Waals surface area contributed by atoms with E-state index in [2.05, 4.69) is 4.74 Å². The van der Waals surface area contributed by atoms with E-state index in [9.17, 15) is 14.4 Å². The molecule has 4 heteroatoms. The maximum atomic E-state index is 10.5. The lowest BCUT2D eigenvalue weighted by atomic mass is 10.2. The van der Waals surface area contributed by atoms with Crippen LogP contribution in [-0.4, -0.2) is 24.5 Å². The van der Waals surface area contributed by atoms with Gasteiger partial charge >= 0.3 is 0 Å². The minimum atomic E-state index is -0.673. The van der Waals surface area contributed by atoms with E-state index in [0.717, 1.165) is 6.08 Å². The Labute approximate surface area is 56.5 Å². The molecule has 0 aromatic heterocycles. The van der Waals surface area contributed by atoms with Gasteiger partial charge in [0.15, 0.2) is 18.7 Å². The molecule has 1 rings (SSSR count). The normalized spacial score (nSPS) is 17.8. The second-order valence-corrected chi connectivity index (χ2v) is 1.74. The average Bonchev–Trinajstić information content (AvgIpc) is 1.95. The minimum Gasteiger partial charge on any atom is -0.482 e. The number of ketones is 2. The Morgan fingerprint density at radius 1 is 1.50 bits per heavy atom. The minimum absolute atomic E-state index is 0.0791. The van der Waals surface area contributed by atoms with E-state index in [-0.39, 0.29) is 12.4 Å². The molecule has 0 fully saturated rings. The van der Waals surface area contributed by atoms with Crippen molar-refractivity contribution in [2.45, 2.75) is 0 Å². The Morgan fingerprint density at radius 3 is 2.70 bits per heavy atom. The van der Waals surface area contributed by atoms with Gasteiger partial charge in [0.25, 0.3) is 0 Å². The van der Waals surface area contributed by atoms with Crippen LogP contribution in [0, 0.1) is 0 Å². The third kappa shape index (κ3) is 1.10. The molecule has 0 saturated heterocycles. The Balaban J connectivity index is 2.84. The van der Waals surface area contributed by atoms with Gasteiger partial charge in [-0.05, 0) is 0 Å².